The molecule has 0 atom stereocenters. The molecule has 3 aromatic carbocycles. The lowest BCUT2D eigenvalue weighted by Gasteiger charge is -2.36. The maximum absolute atomic E-state index is 13.8. The molecule has 0 spiro atoms. The number of para-hydroxylation sites is 2. The highest BCUT2D eigenvalue weighted by atomic mass is 35.5. The summed E-state index contributed by atoms with van der Waals surface area (Å²) in [6.07, 6.45) is 7.66. The molecule has 46 heavy (non-hydrogen) atoms. The van der Waals surface area contributed by atoms with E-state index in [0.717, 1.165) is 21.8 Å². The van der Waals surface area contributed by atoms with E-state index in [9.17, 15) is 18.9 Å². The highest BCUT2D eigenvalue weighted by Crippen LogP contribution is 2.48. The number of amides is 3. The van der Waals surface area contributed by atoms with E-state index in [1.807, 2.05) is 66.7 Å². The van der Waals surface area contributed by atoms with Crippen molar-refractivity contribution < 1.29 is 18.9 Å². The molecular weight excluding hydrogens is 640 g/mol. The summed E-state index contributed by atoms with van der Waals surface area (Å²) in [5.41, 5.74) is 3.72. The van der Waals surface area contributed by atoms with Gasteiger partial charge < -0.3 is 14.8 Å². The highest BCUT2D eigenvalue weighted by molar-refractivity contribution is 7.93. The van der Waals surface area contributed by atoms with Crippen LogP contribution in [0.25, 0.3) is 0 Å². The van der Waals surface area contributed by atoms with Crippen LogP contribution in [0.2, 0.25) is 0 Å². The summed E-state index contributed by atoms with van der Waals surface area (Å²) in [5.74, 6) is -1.32. The van der Waals surface area contributed by atoms with Crippen molar-refractivity contribution in [3.63, 3.8) is 0 Å². The zero-order valence-corrected chi connectivity index (χ0v) is 27.7. The molecule has 0 radical (unpaired) electrons. The molecule has 0 bridgehead atoms. The minimum absolute atomic E-state index is 0.0265. The average molecular weight is 673 g/mol. The molecule has 2 N–H and O–H groups in total. The summed E-state index contributed by atoms with van der Waals surface area (Å²) in [7, 11) is 0. The van der Waals surface area contributed by atoms with Crippen LogP contribution in [-0.4, -0.2) is 46.4 Å². The van der Waals surface area contributed by atoms with Crippen molar-refractivity contribution in [1.82, 2.24) is 5.32 Å². The molecule has 2 aliphatic heterocycles. The molecule has 2 aliphatic rings. The van der Waals surface area contributed by atoms with E-state index in [2.05, 4.69) is 24.1 Å². The number of carbonyl (C=O) groups is 3. The molecule has 236 valence electrons. The van der Waals surface area contributed by atoms with Crippen LogP contribution in [0.4, 0.5) is 17.1 Å². The van der Waals surface area contributed by atoms with Crippen LogP contribution in [-0.2, 0) is 19.8 Å². The largest absolute Gasteiger partial charge is 0.355 e. The number of allylic oxidation sites excluding steroid dienone is 5. The first-order chi connectivity index (χ1) is 22.2. The van der Waals surface area contributed by atoms with Crippen LogP contribution in [0.5, 0.6) is 0 Å². The predicted molar refractivity (Wildman–Crippen MR) is 189 cm³/mol. The Bertz CT molecular complexity index is 1680. The molecule has 8 nitrogen and oxygen atoms in total. The van der Waals surface area contributed by atoms with Crippen molar-refractivity contribution in [3.8, 4) is 0 Å². The van der Waals surface area contributed by atoms with Gasteiger partial charge >= 0.3 is 0 Å². The lowest BCUT2D eigenvalue weighted by Crippen LogP contribution is -2.57. The van der Waals surface area contributed by atoms with Gasteiger partial charge in [0.2, 0.25) is 5.91 Å². The third-order valence-electron chi connectivity index (χ3n) is 7.88. The van der Waals surface area contributed by atoms with Gasteiger partial charge in [0.1, 0.15) is 11.5 Å². The SMILES string of the molecule is CC1(C)/C(=C\C=C\C=C2C(=O)N(c3ccccc3)C(=S)N(c3ccccc3)C2=O)N(CCCNC(=O)CCl)c2ccc(SO)cc21. The average Bonchev–Trinajstić information content (AvgIpc) is 3.27. The summed E-state index contributed by atoms with van der Waals surface area (Å²) in [5, 5.41) is 2.89. The molecule has 0 aliphatic carbocycles. The molecule has 0 unspecified atom stereocenters. The quantitative estimate of drug-likeness (QED) is 0.0610. The van der Waals surface area contributed by atoms with Gasteiger partial charge in [-0.25, -0.2) is 0 Å². The molecular formula is C35H33ClN4O4S2. The van der Waals surface area contributed by atoms with Crippen LogP contribution in [0.1, 0.15) is 25.8 Å². The fourth-order valence-electron chi connectivity index (χ4n) is 5.62. The fourth-order valence-corrected chi connectivity index (χ4v) is 6.39. The molecule has 5 rings (SSSR count). The third-order valence-corrected chi connectivity index (χ3v) is 8.95. The highest BCUT2D eigenvalue weighted by Gasteiger charge is 2.41. The van der Waals surface area contributed by atoms with Gasteiger partial charge in [-0.05, 0) is 78.8 Å². The number of rotatable bonds is 10. The van der Waals surface area contributed by atoms with E-state index in [-0.39, 0.29) is 22.5 Å². The van der Waals surface area contributed by atoms with Crippen molar-refractivity contribution in [2.24, 2.45) is 0 Å². The fraction of sp³-hybridized carbons (Fsp3) is 0.200. The van der Waals surface area contributed by atoms with E-state index in [1.165, 1.54) is 15.9 Å². The zero-order chi connectivity index (χ0) is 32.8. The second-order valence-corrected chi connectivity index (χ2v) is 12.4. The Balaban J connectivity index is 1.48. The van der Waals surface area contributed by atoms with E-state index < -0.39 is 17.2 Å². The maximum atomic E-state index is 13.8. The Morgan fingerprint density at radius 2 is 1.52 bits per heavy atom. The Morgan fingerprint density at radius 3 is 2.09 bits per heavy atom. The Morgan fingerprint density at radius 1 is 0.935 bits per heavy atom. The van der Waals surface area contributed by atoms with Gasteiger partial charge in [-0.1, -0.05) is 62.4 Å². The number of nitrogens with zero attached hydrogens (tertiary/aromatic N) is 3. The first kappa shape index (κ1) is 33.2. The number of halogens is 1. The van der Waals surface area contributed by atoms with Crippen LogP contribution in [0.15, 0.2) is 119 Å². The smallest absolute Gasteiger partial charge is 0.270 e. The number of carbonyl (C=O) groups excluding carboxylic acids is 3. The Hall–Kier alpha value is -4.22. The minimum Gasteiger partial charge on any atom is -0.355 e. The van der Waals surface area contributed by atoms with Crippen molar-refractivity contribution in [1.29, 1.82) is 0 Å². The topological polar surface area (TPSA) is 93.2 Å². The number of nitrogens with one attached hydrogen (secondary N) is 1. The molecule has 0 aromatic heterocycles. The summed E-state index contributed by atoms with van der Waals surface area (Å²) in [6.45, 7) is 5.31. The summed E-state index contributed by atoms with van der Waals surface area (Å²) < 4.78 is 9.71. The van der Waals surface area contributed by atoms with Gasteiger partial charge in [-0.3, -0.25) is 24.2 Å². The predicted octanol–water partition coefficient (Wildman–Crippen LogP) is 6.83. The van der Waals surface area contributed by atoms with Gasteiger partial charge in [-0.15, -0.1) is 11.6 Å². The number of hydrogen-bond donors (Lipinski definition) is 2. The summed E-state index contributed by atoms with van der Waals surface area (Å²) in [6, 6.07) is 23.9. The first-order valence-corrected chi connectivity index (χ1v) is 16.4. The van der Waals surface area contributed by atoms with Gasteiger partial charge in [0.15, 0.2) is 5.11 Å². The van der Waals surface area contributed by atoms with Crippen molar-refractivity contribution in [2.45, 2.75) is 30.6 Å². The summed E-state index contributed by atoms with van der Waals surface area (Å²) >= 11 is 12.0. The molecule has 3 amide bonds. The normalized spacial score (nSPS) is 16.9. The van der Waals surface area contributed by atoms with E-state index >= 15 is 0 Å². The second-order valence-electron chi connectivity index (χ2n) is 11.1. The molecule has 1 fully saturated rings. The minimum atomic E-state index is -0.506. The lowest BCUT2D eigenvalue weighted by molar-refractivity contribution is -0.121. The molecule has 11 heteroatoms. The monoisotopic (exact) mass is 672 g/mol. The number of anilines is 3. The van der Waals surface area contributed by atoms with Gasteiger partial charge in [-0.2, -0.15) is 0 Å². The van der Waals surface area contributed by atoms with Crippen molar-refractivity contribution >= 4 is 75.8 Å². The second kappa shape index (κ2) is 14.5. The zero-order valence-electron chi connectivity index (χ0n) is 25.4. The number of fused-ring (bicyclic) bond motifs is 1. The van der Waals surface area contributed by atoms with Crippen molar-refractivity contribution in [2.75, 3.05) is 33.7 Å². The molecule has 2 heterocycles. The molecule has 1 saturated heterocycles. The number of hydrogen-bond acceptors (Lipinski definition) is 7. The first-order valence-electron chi connectivity index (χ1n) is 14.7. The van der Waals surface area contributed by atoms with Crippen LogP contribution >= 0.6 is 35.9 Å². The number of alkyl halides is 1. The molecule has 0 saturated carbocycles. The van der Waals surface area contributed by atoms with Crippen LogP contribution in [0.3, 0.4) is 0 Å². The van der Waals surface area contributed by atoms with Crippen LogP contribution < -0.4 is 20.0 Å². The Kier molecular flexibility index (Phi) is 10.4. The van der Waals surface area contributed by atoms with Gasteiger partial charge in [0.05, 0.1) is 11.4 Å². The lowest BCUT2D eigenvalue weighted by atomic mass is 9.83. The van der Waals surface area contributed by atoms with E-state index in [1.54, 1.807) is 30.3 Å². The van der Waals surface area contributed by atoms with E-state index in [0.29, 0.717) is 42.9 Å². The van der Waals surface area contributed by atoms with Gasteiger partial charge in [0, 0.05) is 46.8 Å². The van der Waals surface area contributed by atoms with Gasteiger partial charge in [0.25, 0.3) is 11.8 Å². The third kappa shape index (κ3) is 6.66. The number of thiocarbonyl (C=S) groups is 1. The Labute approximate surface area is 283 Å². The van der Waals surface area contributed by atoms with E-state index in [4.69, 9.17) is 23.8 Å². The summed E-state index contributed by atoms with van der Waals surface area (Å²) in [4.78, 5) is 44.8. The van der Waals surface area contributed by atoms with Crippen molar-refractivity contribution in [3.05, 3.63) is 120 Å². The standard InChI is InChI=1S/C35H33ClN4O4S2/c1-35(2)28-22-26(46-44)18-19-29(28)38(21-11-20-37-31(41)23-36)30(35)17-10-9-16-27-32(42)39(24-12-5-3-6-13-24)34(45)40(33(27)43)25-14-7-4-8-15-25/h3-10,12-19,22,44H,11,20-21,23H2,1-2H3,(H,37,41)/b10-9+,30-17+. The van der Waals surface area contributed by atoms with Crippen LogP contribution in [0, 0.1) is 0 Å². The molecule has 3 aromatic rings. The maximum Gasteiger partial charge on any atom is 0.270 e. The number of benzene rings is 3.